The summed E-state index contributed by atoms with van der Waals surface area (Å²) in [7, 11) is 1.52. The predicted molar refractivity (Wildman–Crippen MR) is 78.9 cm³/mol. The van der Waals surface area contributed by atoms with Crippen molar-refractivity contribution in [3.8, 4) is 5.75 Å². The predicted octanol–water partition coefficient (Wildman–Crippen LogP) is 2.33. The van der Waals surface area contributed by atoms with Crippen LogP contribution < -0.4 is 4.74 Å². The third-order valence-electron chi connectivity index (χ3n) is 3.73. The Morgan fingerprint density at radius 2 is 1.96 bits per heavy atom. The molecule has 0 saturated heterocycles. The van der Waals surface area contributed by atoms with Gasteiger partial charge in [0.1, 0.15) is 11.6 Å². The number of rotatable bonds is 4. The van der Waals surface area contributed by atoms with Crippen molar-refractivity contribution in [1.82, 2.24) is 0 Å². The van der Waals surface area contributed by atoms with E-state index in [2.05, 4.69) is 4.94 Å². The summed E-state index contributed by atoms with van der Waals surface area (Å²) in [5, 5.41) is 17.7. The number of hydrogen-bond acceptors (Lipinski definition) is 5. The van der Waals surface area contributed by atoms with Gasteiger partial charge in [0.05, 0.1) is 19.1 Å². The third-order valence-corrected chi connectivity index (χ3v) is 3.73. The van der Waals surface area contributed by atoms with Crippen LogP contribution in [0, 0.1) is 11.7 Å². The van der Waals surface area contributed by atoms with Gasteiger partial charge in [-0.25, -0.2) is 9.18 Å². The molecule has 5 nitrogen and oxygen atoms in total. The fourth-order valence-corrected chi connectivity index (χ4v) is 2.44. The van der Waals surface area contributed by atoms with Gasteiger partial charge in [0, 0.05) is 11.1 Å². The summed E-state index contributed by atoms with van der Waals surface area (Å²) in [6.07, 6.45) is 2.30. The Morgan fingerprint density at radius 1 is 1.30 bits per heavy atom. The molecule has 130 valence electrons. The Kier molecular flexibility index (Phi) is 8.50. The van der Waals surface area contributed by atoms with Crippen LogP contribution in [0.15, 0.2) is 18.2 Å². The van der Waals surface area contributed by atoms with Crippen LogP contribution in [0.2, 0.25) is 0 Å². The molecule has 0 heterocycles. The van der Waals surface area contributed by atoms with Gasteiger partial charge < -0.3 is 14.9 Å². The van der Waals surface area contributed by atoms with Crippen molar-refractivity contribution in [2.45, 2.75) is 38.2 Å². The van der Waals surface area contributed by atoms with E-state index >= 15 is 0 Å². The molecule has 0 unspecified atom stereocenters. The minimum Gasteiger partial charge on any atom is -0.496 e. The molecule has 7 heteroatoms. The lowest BCUT2D eigenvalue weighted by atomic mass is 9.88. The van der Waals surface area contributed by atoms with Crippen LogP contribution in [-0.4, -0.2) is 36.0 Å². The van der Waals surface area contributed by atoms with Crippen molar-refractivity contribution < 1.29 is 33.6 Å². The standard InChI is InChI=1S/C9H11FO2.C7H11FO3/c1-12-9-3-2-8(10)6-7(9)4-5-11;8-11-7(10)5-1-3-6(9)4-2-5/h2-3,6,11H,4-5H2,1H3;5-6,9H,1-4H2. The number of aliphatic hydroxyl groups excluding tert-OH is 2. The minimum absolute atomic E-state index is 0.000185. The van der Waals surface area contributed by atoms with Crippen molar-refractivity contribution in [3.63, 3.8) is 0 Å². The van der Waals surface area contributed by atoms with Gasteiger partial charge in [0.15, 0.2) is 0 Å². The van der Waals surface area contributed by atoms with Gasteiger partial charge in [0.25, 0.3) is 0 Å². The second kappa shape index (κ2) is 10.1. The molecule has 2 rings (SSSR count). The summed E-state index contributed by atoms with van der Waals surface area (Å²) >= 11 is 0. The first kappa shape index (κ1) is 19.3. The van der Waals surface area contributed by atoms with Gasteiger partial charge >= 0.3 is 5.97 Å². The van der Waals surface area contributed by atoms with Gasteiger partial charge in [-0.05, 0) is 55.9 Å². The molecule has 1 aromatic carbocycles. The van der Waals surface area contributed by atoms with Crippen molar-refractivity contribution in [2.24, 2.45) is 5.92 Å². The molecular formula is C16H22F2O5. The van der Waals surface area contributed by atoms with E-state index in [1.165, 1.54) is 19.2 Å². The van der Waals surface area contributed by atoms with Crippen LogP contribution in [0.5, 0.6) is 5.75 Å². The van der Waals surface area contributed by atoms with Crippen molar-refractivity contribution in [3.05, 3.63) is 29.6 Å². The highest BCUT2D eigenvalue weighted by molar-refractivity contribution is 5.71. The molecule has 1 saturated carbocycles. The van der Waals surface area contributed by atoms with E-state index in [9.17, 15) is 13.7 Å². The summed E-state index contributed by atoms with van der Waals surface area (Å²) < 4.78 is 29.0. The van der Waals surface area contributed by atoms with E-state index in [-0.39, 0.29) is 24.4 Å². The maximum Gasteiger partial charge on any atom is 0.351 e. The normalized spacial score (nSPS) is 20.2. The van der Waals surface area contributed by atoms with Gasteiger partial charge in [-0.15, -0.1) is 0 Å². The molecule has 2 N–H and O–H groups in total. The van der Waals surface area contributed by atoms with Crippen LogP contribution in [0.3, 0.4) is 0 Å². The van der Waals surface area contributed by atoms with E-state index in [1.54, 1.807) is 6.07 Å². The fourth-order valence-electron chi connectivity index (χ4n) is 2.44. The minimum atomic E-state index is -0.795. The molecule has 0 atom stereocenters. The topological polar surface area (TPSA) is 76.0 Å². The van der Waals surface area contributed by atoms with Crippen LogP contribution in [0.4, 0.5) is 8.92 Å². The molecule has 0 aromatic heterocycles. The Balaban J connectivity index is 0.000000231. The van der Waals surface area contributed by atoms with Crippen molar-refractivity contribution in [2.75, 3.05) is 13.7 Å². The van der Waals surface area contributed by atoms with Crippen LogP contribution >= 0.6 is 0 Å². The van der Waals surface area contributed by atoms with Gasteiger partial charge in [-0.3, -0.25) is 4.94 Å². The highest BCUT2D eigenvalue weighted by Gasteiger charge is 2.26. The van der Waals surface area contributed by atoms with E-state index < -0.39 is 5.97 Å². The molecule has 0 radical (unpaired) electrons. The highest BCUT2D eigenvalue weighted by Crippen LogP contribution is 2.25. The second-order valence-corrected chi connectivity index (χ2v) is 5.33. The molecule has 1 fully saturated rings. The van der Waals surface area contributed by atoms with Crippen LogP contribution in [-0.2, 0) is 16.2 Å². The zero-order valence-electron chi connectivity index (χ0n) is 13.0. The van der Waals surface area contributed by atoms with Gasteiger partial charge in [-0.2, -0.15) is 0 Å². The lowest BCUT2D eigenvalue weighted by Crippen LogP contribution is -2.24. The first-order valence-corrected chi connectivity index (χ1v) is 7.45. The molecule has 0 amide bonds. The Bertz CT molecular complexity index is 487. The second-order valence-electron chi connectivity index (χ2n) is 5.33. The van der Waals surface area contributed by atoms with Gasteiger partial charge in [0.2, 0.25) is 0 Å². The summed E-state index contributed by atoms with van der Waals surface area (Å²) in [5.74, 6) is -0.829. The SMILES string of the molecule is COc1ccc(F)cc1CCO.O=C(OF)C1CCC(O)CC1. The monoisotopic (exact) mass is 332 g/mol. The summed E-state index contributed by atoms with van der Waals surface area (Å²) in [6.45, 7) is -0.000185. The lowest BCUT2D eigenvalue weighted by Gasteiger charge is -2.21. The fraction of sp³-hybridized carbons (Fsp3) is 0.562. The molecule has 0 aliphatic heterocycles. The molecule has 23 heavy (non-hydrogen) atoms. The summed E-state index contributed by atoms with van der Waals surface area (Å²) in [5.41, 5.74) is 0.694. The van der Waals surface area contributed by atoms with Crippen molar-refractivity contribution in [1.29, 1.82) is 0 Å². The number of halogens is 2. The number of carbonyl (C=O) groups excluding carboxylic acids is 1. The molecule has 0 bridgehead atoms. The smallest absolute Gasteiger partial charge is 0.351 e. The third kappa shape index (κ3) is 6.50. The molecule has 1 aliphatic rings. The van der Waals surface area contributed by atoms with E-state index in [0.717, 1.165) is 0 Å². The van der Waals surface area contributed by atoms with E-state index in [1.807, 2.05) is 0 Å². The molecule has 0 spiro atoms. The Hall–Kier alpha value is -1.73. The highest BCUT2D eigenvalue weighted by atomic mass is 19.3. The quantitative estimate of drug-likeness (QED) is 0.885. The zero-order valence-corrected chi connectivity index (χ0v) is 13.0. The summed E-state index contributed by atoms with van der Waals surface area (Å²) in [6, 6.07) is 4.26. The Morgan fingerprint density at radius 3 is 2.48 bits per heavy atom. The zero-order chi connectivity index (χ0) is 17.2. The number of aliphatic hydroxyl groups is 2. The number of methoxy groups -OCH3 is 1. The number of hydrogen-bond donors (Lipinski definition) is 2. The molecule has 1 aromatic rings. The molecule has 1 aliphatic carbocycles. The maximum absolute atomic E-state index is 12.7. The summed E-state index contributed by atoms with van der Waals surface area (Å²) in [4.78, 5) is 13.7. The first-order chi connectivity index (χ1) is 11.0. The lowest BCUT2D eigenvalue weighted by molar-refractivity contribution is -0.190. The van der Waals surface area contributed by atoms with Crippen molar-refractivity contribution >= 4 is 5.97 Å². The average molecular weight is 332 g/mol. The van der Waals surface area contributed by atoms with Crippen LogP contribution in [0.1, 0.15) is 31.2 Å². The van der Waals surface area contributed by atoms with Crippen LogP contribution in [0.25, 0.3) is 0 Å². The van der Waals surface area contributed by atoms with E-state index in [4.69, 9.17) is 14.9 Å². The van der Waals surface area contributed by atoms with Gasteiger partial charge in [-0.1, -0.05) is 0 Å². The number of ether oxygens (including phenoxy) is 1. The average Bonchev–Trinajstić information content (AvgIpc) is 2.56. The Labute approximate surface area is 133 Å². The largest absolute Gasteiger partial charge is 0.496 e. The first-order valence-electron chi connectivity index (χ1n) is 7.45. The van der Waals surface area contributed by atoms with E-state index in [0.29, 0.717) is 43.4 Å². The molecular weight excluding hydrogens is 310 g/mol. The maximum atomic E-state index is 12.7. The number of benzene rings is 1. The number of carbonyl (C=O) groups is 1.